The van der Waals surface area contributed by atoms with E-state index in [2.05, 4.69) is 15.9 Å². The summed E-state index contributed by atoms with van der Waals surface area (Å²) in [6.45, 7) is 1.39. The van der Waals surface area contributed by atoms with Gasteiger partial charge in [-0.05, 0) is 29.1 Å². The topological polar surface area (TPSA) is 26.3 Å². The molecule has 0 unspecified atom stereocenters. The van der Waals surface area contributed by atoms with Gasteiger partial charge in [0.2, 0.25) is 0 Å². The minimum absolute atomic E-state index is 0.293. The molecule has 0 N–H and O–H groups in total. The van der Waals surface area contributed by atoms with Gasteiger partial charge in [-0.2, -0.15) is 0 Å². The van der Waals surface area contributed by atoms with E-state index in [0.717, 1.165) is 6.42 Å². The van der Waals surface area contributed by atoms with Gasteiger partial charge in [0.1, 0.15) is 5.75 Å². The summed E-state index contributed by atoms with van der Waals surface area (Å²) in [5.74, 6) is 0.294. The first-order valence-electron chi connectivity index (χ1n) is 4.25. The largest absolute Gasteiger partial charge is 0.427 e. The number of allylic oxidation sites excluding steroid dienone is 1. The first-order valence-corrected chi connectivity index (χ1v) is 5.16. The van der Waals surface area contributed by atoms with E-state index in [1.165, 1.54) is 12.5 Å². The molecule has 0 heterocycles. The molecule has 0 amide bonds. The molecule has 0 radical (unpaired) electrons. The molecule has 3 heteroatoms. The van der Waals surface area contributed by atoms with Crippen LogP contribution in [0.4, 0.5) is 0 Å². The third-order valence-corrected chi connectivity index (χ3v) is 2.00. The zero-order chi connectivity index (χ0) is 10.4. The summed E-state index contributed by atoms with van der Waals surface area (Å²) in [5.41, 5.74) is 1.18. The molecule has 0 aromatic heterocycles. The van der Waals surface area contributed by atoms with Gasteiger partial charge < -0.3 is 4.74 Å². The van der Waals surface area contributed by atoms with Crippen molar-refractivity contribution in [3.8, 4) is 5.75 Å². The Balaban J connectivity index is 2.63. The lowest BCUT2D eigenvalue weighted by atomic mass is 10.1. The monoisotopic (exact) mass is 254 g/mol. The van der Waals surface area contributed by atoms with Crippen molar-refractivity contribution in [2.45, 2.75) is 13.3 Å². The SMILES string of the molecule is CC(=O)Oc1ccc(CC=CBr)cc1. The molecular weight excluding hydrogens is 244 g/mol. The van der Waals surface area contributed by atoms with Gasteiger partial charge in [-0.15, -0.1) is 0 Å². The van der Waals surface area contributed by atoms with Crippen molar-refractivity contribution in [2.75, 3.05) is 0 Å². The second-order valence-corrected chi connectivity index (χ2v) is 3.33. The van der Waals surface area contributed by atoms with Gasteiger partial charge in [0, 0.05) is 6.92 Å². The van der Waals surface area contributed by atoms with Crippen LogP contribution in [0.5, 0.6) is 5.75 Å². The molecule has 1 aromatic carbocycles. The standard InChI is InChI=1S/C11H11BrO2/c1-9(13)14-11-6-4-10(5-7-11)3-2-8-12/h2,4-8H,3H2,1H3. The minimum atomic E-state index is -0.293. The van der Waals surface area contributed by atoms with E-state index in [1.54, 1.807) is 12.1 Å². The number of hydrogen-bond acceptors (Lipinski definition) is 2. The smallest absolute Gasteiger partial charge is 0.308 e. The summed E-state index contributed by atoms with van der Waals surface area (Å²) in [6, 6.07) is 7.45. The fourth-order valence-corrected chi connectivity index (χ4v) is 1.23. The van der Waals surface area contributed by atoms with Crippen LogP contribution >= 0.6 is 15.9 Å². The van der Waals surface area contributed by atoms with Crippen LogP contribution < -0.4 is 4.74 Å². The van der Waals surface area contributed by atoms with Crippen molar-refractivity contribution in [1.29, 1.82) is 0 Å². The fourth-order valence-electron chi connectivity index (χ4n) is 1.04. The Labute approximate surface area is 91.7 Å². The van der Waals surface area contributed by atoms with Gasteiger partial charge in [-0.1, -0.05) is 34.1 Å². The fraction of sp³-hybridized carbons (Fsp3) is 0.182. The predicted octanol–water partition coefficient (Wildman–Crippen LogP) is 3.06. The van der Waals surface area contributed by atoms with Crippen molar-refractivity contribution >= 4 is 21.9 Å². The van der Waals surface area contributed by atoms with Crippen molar-refractivity contribution < 1.29 is 9.53 Å². The number of esters is 1. The van der Waals surface area contributed by atoms with Crippen LogP contribution in [0, 0.1) is 0 Å². The maximum absolute atomic E-state index is 10.6. The molecule has 0 bridgehead atoms. The summed E-state index contributed by atoms with van der Waals surface area (Å²) in [5, 5.41) is 0. The molecular formula is C11H11BrO2. The van der Waals surface area contributed by atoms with E-state index in [0.29, 0.717) is 5.75 Å². The average Bonchev–Trinajstić information content (AvgIpc) is 2.16. The lowest BCUT2D eigenvalue weighted by Gasteiger charge is -2.01. The van der Waals surface area contributed by atoms with Gasteiger partial charge >= 0.3 is 5.97 Å². The van der Waals surface area contributed by atoms with Crippen LogP contribution in [0.3, 0.4) is 0 Å². The molecule has 0 fully saturated rings. The van der Waals surface area contributed by atoms with Gasteiger partial charge in [0.15, 0.2) is 0 Å². The summed E-state index contributed by atoms with van der Waals surface area (Å²) in [6.07, 6.45) is 2.87. The van der Waals surface area contributed by atoms with E-state index in [-0.39, 0.29) is 5.97 Å². The Morgan fingerprint density at radius 3 is 2.57 bits per heavy atom. The minimum Gasteiger partial charge on any atom is -0.427 e. The molecule has 1 aromatic rings. The molecule has 0 aliphatic carbocycles. The summed E-state index contributed by atoms with van der Waals surface area (Å²) in [7, 11) is 0. The number of carbonyl (C=O) groups excluding carboxylic acids is 1. The number of hydrogen-bond donors (Lipinski definition) is 0. The summed E-state index contributed by atoms with van der Waals surface area (Å²) >= 11 is 3.20. The second-order valence-electron chi connectivity index (χ2n) is 2.80. The highest BCUT2D eigenvalue weighted by molar-refractivity contribution is 9.11. The molecule has 74 valence electrons. The van der Waals surface area contributed by atoms with Gasteiger partial charge in [0.25, 0.3) is 0 Å². The van der Waals surface area contributed by atoms with Crippen molar-refractivity contribution in [2.24, 2.45) is 0 Å². The highest BCUT2D eigenvalue weighted by Gasteiger charge is 1.96. The molecule has 14 heavy (non-hydrogen) atoms. The van der Waals surface area contributed by atoms with Gasteiger partial charge in [0.05, 0.1) is 0 Å². The van der Waals surface area contributed by atoms with Crippen LogP contribution in [0.25, 0.3) is 0 Å². The zero-order valence-electron chi connectivity index (χ0n) is 7.87. The quantitative estimate of drug-likeness (QED) is 0.612. The van der Waals surface area contributed by atoms with E-state index in [9.17, 15) is 4.79 Å². The maximum Gasteiger partial charge on any atom is 0.308 e. The number of carbonyl (C=O) groups is 1. The molecule has 0 saturated heterocycles. The lowest BCUT2D eigenvalue weighted by molar-refractivity contribution is -0.131. The first-order chi connectivity index (χ1) is 6.72. The van der Waals surface area contributed by atoms with Crippen LogP contribution in [0.1, 0.15) is 12.5 Å². The molecule has 0 atom stereocenters. The Morgan fingerprint density at radius 1 is 1.43 bits per heavy atom. The van der Waals surface area contributed by atoms with Crippen molar-refractivity contribution in [3.63, 3.8) is 0 Å². The Bertz CT molecular complexity index is 328. The Kier molecular flexibility index (Phi) is 4.40. The summed E-state index contributed by atoms with van der Waals surface area (Å²) in [4.78, 5) is 12.5. The maximum atomic E-state index is 10.6. The number of ether oxygens (including phenoxy) is 1. The lowest BCUT2D eigenvalue weighted by Crippen LogP contribution is -2.00. The van der Waals surface area contributed by atoms with Gasteiger partial charge in [-0.3, -0.25) is 4.79 Å². The summed E-state index contributed by atoms with van der Waals surface area (Å²) < 4.78 is 4.91. The molecule has 0 saturated carbocycles. The predicted molar refractivity (Wildman–Crippen MR) is 59.5 cm³/mol. The number of rotatable bonds is 3. The van der Waals surface area contributed by atoms with Crippen molar-refractivity contribution in [1.82, 2.24) is 0 Å². The molecule has 0 aliphatic heterocycles. The normalized spacial score (nSPS) is 10.4. The van der Waals surface area contributed by atoms with Crippen molar-refractivity contribution in [3.05, 3.63) is 40.9 Å². The average molecular weight is 255 g/mol. The first kappa shape index (κ1) is 11.0. The van der Waals surface area contributed by atoms with Crippen LogP contribution in [0.15, 0.2) is 35.3 Å². The third-order valence-electron chi connectivity index (χ3n) is 1.63. The molecule has 0 aliphatic rings. The molecule has 1 rings (SSSR count). The molecule has 2 nitrogen and oxygen atoms in total. The van der Waals surface area contributed by atoms with Gasteiger partial charge in [-0.25, -0.2) is 0 Å². The second kappa shape index (κ2) is 5.60. The third kappa shape index (κ3) is 3.75. The number of halogens is 1. The van der Waals surface area contributed by atoms with E-state index < -0.39 is 0 Å². The van der Waals surface area contributed by atoms with E-state index in [1.807, 2.05) is 23.2 Å². The zero-order valence-corrected chi connectivity index (χ0v) is 9.45. The van der Waals surface area contributed by atoms with Crippen LogP contribution in [0.2, 0.25) is 0 Å². The number of benzene rings is 1. The van der Waals surface area contributed by atoms with E-state index >= 15 is 0 Å². The molecule has 0 spiro atoms. The van der Waals surface area contributed by atoms with Crippen LogP contribution in [-0.2, 0) is 11.2 Å². The van der Waals surface area contributed by atoms with Crippen LogP contribution in [-0.4, -0.2) is 5.97 Å². The Hall–Kier alpha value is -1.09. The highest BCUT2D eigenvalue weighted by atomic mass is 79.9. The highest BCUT2D eigenvalue weighted by Crippen LogP contribution is 2.13. The van der Waals surface area contributed by atoms with E-state index in [4.69, 9.17) is 4.74 Å². The Morgan fingerprint density at radius 2 is 2.07 bits per heavy atom.